The van der Waals surface area contributed by atoms with E-state index in [-0.39, 0.29) is 0 Å². The summed E-state index contributed by atoms with van der Waals surface area (Å²) in [5, 5.41) is 3.42. The molecule has 1 heterocycles. The van der Waals surface area contributed by atoms with Crippen LogP contribution in [0, 0.1) is 0 Å². The van der Waals surface area contributed by atoms with Gasteiger partial charge < -0.3 is 11.1 Å². The fraction of sp³-hybridized carbons (Fsp3) is 0.455. The Morgan fingerprint density at radius 1 is 1.57 bits per heavy atom. The van der Waals surface area contributed by atoms with Crippen LogP contribution in [0.1, 0.15) is 18.4 Å². The minimum Gasteiger partial charge on any atom is -0.383 e. The van der Waals surface area contributed by atoms with Crippen LogP contribution in [0.4, 0.5) is 5.69 Å². The monoisotopic (exact) mass is 208 g/mol. The maximum Gasteiger partial charge on any atom is 0.0481 e. The molecule has 3 N–H and O–H groups in total. The largest absolute Gasteiger partial charge is 0.383 e. The van der Waals surface area contributed by atoms with Gasteiger partial charge in [0.1, 0.15) is 0 Å². The minimum atomic E-state index is 0.453. The van der Waals surface area contributed by atoms with E-state index in [1.165, 1.54) is 21.9 Å². The van der Waals surface area contributed by atoms with Crippen LogP contribution in [0.25, 0.3) is 0 Å². The summed E-state index contributed by atoms with van der Waals surface area (Å²) in [5.74, 6) is 1.62. The van der Waals surface area contributed by atoms with Crippen LogP contribution >= 0.6 is 11.8 Å². The molecule has 1 aromatic rings. The first kappa shape index (κ1) is 9.87. The molecule has 1 aliphatic rings. The SMILES string of the molecule is CC(CN)c1ccc2c(c1)NCCS2. The predicted octanol–water partition coefficient (Wildman–Crippen LogP) is 2.27. The van der Waals surface area contributed by atoms with Crippen LogP contribution < -0.4 is 11.1 Å². The summed E-state index contributed by atoms with van der Waals surface area (Å²) >= 11 is 1.92. The molecule has 0 saturated carbocycles. The average Bonchev–Trinajstić information content (AvgIpc) is 2.27. The predicted molar refractivity (Wildman–Crippen MR) is 63.1 cm³/mol. The van der Waals surface area contributed by atoms with Crippen LogP contribution in [-0.4, -0.2) is 18.8 Å². The number of rotatable bonds is 2. The lowest BCUT2D eigenvalue weighted by Gasteiger charge is -2.19. The Balaban J connectivity index is 2.29. The van der Waals surface area contributed by atoms with Crippen molar-refractivity contribution < 1.29 is 0 Å². The number of hydrogen-bond acceptors (Lipinski definition) is 3. The van der Waals surface area contributed by atoms with E-state index in [1.807, 2.05) is 11.8 Å². The highest BCUT2D eigenvalue weighted by molar-refractivity contribution is 7.99. The zero-order chi connectivity index (χ0) is 9.97. The van der Waals surface area contributed by atoms with Crippen LogP contribution in [0.5, 0.6) is 0 Å². The smallest absolute Gasteiger partial charge is 0.0481 e. The van der Waals surface area contributed by atoms with E-state index in [9.17, 15) is 0 Å². The topological polar surface area (TPSA) is 38.0 Å². The highest BCUT2D eigenvalue weighted by Crippen LogP contribution is 2.32. The maximum atomic E-state index is 5.65. The van der Waals surface area contributed by atoms with Gasteiger partial charge in [-0.05, 0) is 30.2 Å². The van der Waals surface area contributed by atoms with Gasteiger partial charge in [0.05, 0.1) is 0 Å². The average molecular weight is 208 g/mol. The van der Waals surface area contributed by atoms with Crippen LogP contribution in [-0.2, 0) is 0 Å². The lowest BCUT2D eigenvalue weighted by molar-refractivity contribution is 0.773. The molecule has 1 aliphatic heterocycles. The second kappa shape index (κ2) is 4.24. The van der Waals surface area contributed by atoms with E-state index in [1.54, 1.807) is 0 Å². The van der Waals surface area contributed by atoms with Gasteiger partial charge in [-0.2, -0.15) is 0 Å². The molecule has 2 rings (SSSR count). The van der Waals surface area contributed by atoms with Crippen molar-refractivity contribution in [3.63, 3.8) is 0 Å². The van der Waals surface area contributed by atoms with Crippen LogP contribution in [0.3, 0.4) is 0 Å². The number of benzene rings is 1. The van der Waals surface area contributed by atoms with Crippen LogP contribution in [0.2, 0.25) is 0 Å². The Labute approximate surface area is 89.3 Å². The molecule has 76 valence electrons. The van der Waals surface area contributed by atoms with E-state index >= 15 is 0 Å². The van der Waals surface area contributed by atoms with Gasteiger partial charge >= 0.3 is 0 Å². The van der Waals surface area contributed by atoms with Crippen molar-refractivity contribution in [1.82, 2.24) is 0 Å². The fourth-order valence-electron chi connectivity index (χ4n) is 1.60. The Hall–Kier alpha value is -0.670. The van der Waals surface area contributed by atoms with Gasteiger partial charge in [-0.15, -0.1) is 11.8 Å². The third kappa shape index (κ3) is 1.88. The number of fused-ring (bicyclic) bond motifs is 1. The summed E-state index contributed by atoms with van der Waals surface area (Å²) < 4.78 is 0. The molecule has 3 heteroatoms. The van der Waals surface area contributed by atoms with Crippen molar-refractivity contribution in [2.45, 2.75) is 17.7 Å². The van der Waals surface area contributed by atoms with Crippen molar-refractivity contribution in [2.24, 2.45) is 5.73 Å². The highest BCUT2D eigenvalue weighted by Gasteiger charge is 2.11. The third-order valence-electron chi connectivity index (χ3n) is 2.60. The molecule has 0 radical (unpaired) electrons. The Morgan fingerprint density at radius 2 is 2.43 bits per heavy atom. The summed E-state index contributed by atoms with van der Waals surface area (Å²) in [6.07, 6.45) is 0. The van der Waals surface area contributed by atoms with Gasteiger partial charge in [-0.1, -0.05) is 13.0 Å². The molecule has 0 aliphatic carbocycles. The van der Waals surface area contributed by atoms with E-state index in [4.69, 9.17) is 5.73 Å². The molecule has 0 saturated heterocycles. The van der Waals surface area contributed by atoms with Crippen molar-refractivity contribution in [3.05, 3.63) is 23.8 Å². The van der Waals surface area contributed by atoms with Crippen molar-refractivity contribution in [3.8, 4) is 0 Å². The third-order valence-corrected chi connectivity index (χ3v) is 3.68. The van der Waals surface area contributed by atoms with Gasteiger partial charge in [0.2, 0.25) is 0 Å². The zero-order valence-electron chi connectivity index (χ0n) is 8.42. The van der Waals surface area contributed by atoms with Gasteiger partial charge in [0.25, 0.3) is 0 Å². The first-order chi connectivity index (χ1) is 6.81. The molecule has 0 aromatic heterocycles. The minimum absolute atomic E-state index is 0.453. The van der Waals surface area contributed by atoms with E-state index in [2.05, 4.69) is 30.4 Å². The molecule has 1 unspecified atom stereocenters. The van der Waals surface area contributed by atoms with Crippen molar-refractivity contribution in [2.75, 3.05) is 24.2 Å². The Morgan fingerprint density at radius 3 is 3.21 bits per heavy atom. The van der Waals surface area contributed by atoms with Gasteiger partial charge in [0, 0.05) is 22.9 Å². The standard InChI is InChI=1S/C11H16N2S/c1-8(7-12)9-2-3-11-10(6-9)13-4-5-14-11/h2-3,6,8,13H,4-5,7,12H2,1H3. The first-order valence-corrected chi connectivity index (χ1v) is 6.00. The molecule has 0 spiro atoms. The number of hydrogen-bond donors (Lipinski definition) is 2. The lowest BCUT2D eigenvalue weighted by Crippen LogP contribution is -2.12. The van der Waals surface area contributed by atoms with E-state index in [0.717, 1.165) is 6.54 Å². The number of nitrogens with two attached hydrogens (primary N) is 1. The molecule has 0 fully saturated rings. The molecular weight excluding hydrogens is 192 g/mol. The van der Waals surface area contributed by atoms with Gasteiger partial charge in [0.15, 0.2) is 0 Å². The number of anilines is 1. The van der Waals surface area contributed by atoms with Crippen LogP contribution in [0.15, 0.2) is 23.1 Å². The van der Waals surface area contributed by atoms with Crippen molar-refractivity contribution >= 4 is 17.4 Å². The molecule has 0 bridgehead atoms. The second-order valence-electron chi connectivity index (χ2n) is 3.67. The fourth-order valence-corrected chi connectivity index (χ4v) is 2.48. The van der Waals surface area contributed by atoms with E-state index < -0.39 is 0 Å². The van der Waals surface area contributed by atoms with Crippen molar-refractivity contribution in [1.29, 1.82) is 0 Å². The van der Waals surface area contributed by atoms with Gasteiger partial charge in [-0.3, -0.25) is 0 Å². The second-order valence-corrected chi connectivity index (χ2v) is 4.80. The molecule has 0 amide bonds. The summed E-state index contributed by atoms with van der Waals surface area (Å²) in [4.78, 5) is 1.37. The summed E-state index contributed by atoms with van der Waals surface area (Å²) in [5.41, 5.74) is 8.27. The number of nitrogens with one attached hydrogen (secondary N) is 1. The molecular formula is C11H16N2S. The summed E-state index contributed by atoms with van der Waals surface area (Å²) in [7, 11) is 0. The zero-order valence-corrected chi connectivity index (χ0v) is 9.23. The highest BCUT2D eigenvalue weighted by atomic mass is 32.2. The van der Waals surface area contributed by atoms with Gasteiger partial charge in [-0.25, -0.2) is 0 Å². The quantitative estimate of drug-likeness (QED) is 0.783. The first-order valence-electron chi connectivity index (χ1n) is 5.02. The van der Waals surface area contributed by atoms with E-state index in [0.29, 0.717) is 12.5 Å². The Bertz CT molecular complexity index is 325. The molecule has 2 nitrogen and oxygen atoms in total. The molecule has 1 aromatic carbocycles. The molecule has 14 heavy (non-hydrogen) atoms. The summed E-state index contributed by atoms with van der Waals surface area (Å²) in [6.45, 7) is 3.95. The maximum absolute atomic E-state index is 5.65. The Kier molecular flexibility index (Phi) is 2.99. The molecule has 1 atom stereocenters. The lowest BCUT2D eigenvalue weighted by atomic mass is 10.0. The number of thioether (sulfide) groups is 1. The normalized spacial score (nSPS) is 17.0. The summed E-state index contributed by atoms with van der Waals surface area (Å²) in [6, 6.07) is 6.63.